The number of anilines is 1. The maximum atomic E-state index is 13.7. The Balaban J connectivity index is 2.35. The zero-order valence-corrected chi connectivity index (χ0v) is 10.9. The second kappa shape index (κ2) is 6.29. The van der Waals surface area contributed by atoms with E-state index in [0.29, 0.717) is 18.2 Å². The Hall–Kier alpha value is -2.21. The summed E-state index contributed by atoms with van der Waals surface area (Å²) < 4.78 is 32.4. The van der Waals surface area contributed by atoms with Crippen LogP contribution in [0.2, 0.25) is 0 Å². The highest BCUT2D eigenvalue weighted by Crippen LogP contribution is 2.28. The van der Waals surface area contributed by atoms with Crippen molar-refractivity contribution in [2.75, 3.05) is 11.9 Å². The number of benzene rings is 1. The number of ether oxygens (including phenoxy) is 1. The molecule has 2 rings (SSSR count). The Bertz CT molecular complexity index is 606. The van der Waals surface area contributed by atoms with E-state index in [0.717, 1.165) is 0 Å². The van der Waals surface area contributed by atoms with Crippen molar-refractivity contribution in [1.29, 1.82) is 0 Å². The zero-order chi connectivity index (χ0) is 14.5. The number of pyridine rings is 1. The predicted octanol–water partition coefficient (Wildman–Crippen LogP) is 3.08. The number of aliphatic hydroxyl groups excluding tert-OH is 1. The molecule has 2 aromatic rings. The van der Waals surface area contributed by atoms with Crippen molar-refractivity contribution in [2.24, 2.45) is 0 Å². The molecule has 0 aliphatic rings. The van der Waals surface area contributed by atoms with Gasteiger partial charge < -0.3 is 15.2 Å². The van der Waals surface area contributed by atoms with Crippen molar-refractivity contribution in [2.45, 2.75) is 13.5 Å². The molecule has 0 saturated heterocycles. The standard InChI is InChI=1S/C14H14F2N2O2/c1-2-17-13-10(15)7-11(16)14(18-13)20-12-6-4-3-5-9(12)8-19/h3-7,19H,2,8H2,1H3,(H,17,18). The van der Waals surface area contributed by atoms with Gasteiger partial charge in [-0.15, -0.1) is 0 Å². The van der Waals surface area contributed by atoms with Gasteiger partial charge >= 0.3 is 0 Å². The van der Waals surface area contributed by atoms with Crippen LogP contribution in [0.15, 0.2) is 30.3 Å². The van der Waals surface area contributed by atoms with Crippen LogP contribution in [0.4, 0.5) is 14.6 Å². The third kappa shape index (κ3) is 3.03. The van der Waals surface area contributed by atoms with E-state index in [2.05, 4.69) is 10.3 Å². The first kappa shape index (κ1) is 14.2. The minimum absolute atomic E-state index is 0.0784. The zero-order valence-electron chi connectivity index (χ0n) is 10.9. The molecule has 20 heavy (non-hydrogen) atoms. The molecule has 1 heterocycles. The van der Waals surface area contributed by atoms with Gasteiger partial charge in [-0.3, -0.25) is 0 Å². The van der Waals surface area contributed by atoms with Crippen LogP contribution in [0.25, 0.3) is 0 Å². The molecule has 0 fully saturated rings. The quantitative estimate of drug-likeness (QED) is 0.883. The first-order chi connectivity index (χ1) is 9.65. The summed E-state index contributed by atoms with van der Waals surface area (Å²) in [6, 6.07) is 7.32. The number of aromatic nitrogens is 1. The molecule has 0 unspecified atom stereocenters. The average molecular weight is 280 g/mol. The van der Waals surface area contributed by atoms with Crippen molar-refractivity contribution < 1.29 is 18.6 Å². The van der Waals surface area contributed by atoms with Gasteiger partial charge in [0.15, 0.2) is 17.5 Å². The second-order valence-electron chi connectivity index (χ2n) is 4.00. The third-order valence-corrected chi connectivity index (χ3v) is 2.59. The van der Waals surface area contributed by atoms with Crippen LogP contribution in [0, 0.1) is 11.6 Å². The Morgan fingerprint density at radius 2 is 2.00 bits per heavy atom. The number of nitrogens with zero attached hydrogens (tertiary/aromatic N) is 1. The molecule has 4 nitrogen and oxygen atoms in total. The second-order valence-corrected chi connectivity index (χ2v) is 4.00. The normalized spacial score (nSPS) is 10.4. The molecule has 6 heteroatoms. The molecule has 0 saturated carbocycles. The average Bonchev–Trinajstić information content (AvgIpc) is 2.45. The Labute approximate surface area is 115 Å². The molecular weight excluding hydrogens is 266 g/mol. The number of para-hydroxylation sites is 1. The lowest BCUT2D eigenvalue weighted by molar-refractivity contribution is 0.275. The summed E-state index contributed by atoms with van der Waals surface area (Å²) in [5.41, 5.74) is 0.489. The minimum atomic E-state index is -0.906. The van der Waals surface area contributed by atoms with E-state index < -0.39 is 11.6 Å². The van der Waals surface area contributed by atoms with Crippen molar-refractivity contribution in [3.63, 3.8) is 0 Å². The van der Waals surface area contributed by atoms with Gasteiger partial charge in [0.25, 0.3) is 5.88 Å². The first-order valence-corrected chi connectivity index (χ1v) is 6.12. The molecule has 0 radical (unpaired) electrons. The summed E-state index contributed by atoms with van der Waals surface area (Å²) in [7, 11) is 0. The Morgan fingerprint density at radius 3 is 2.70 bits per heavy atom. The van der Waals surface area contributed by atoms with E-state index in [-0.39, 0.29) is 24.1 Å². The summed E-state index contributed by atoms with van der Waals surface area (Å²) >= 11 is 0. The Morgan fingerprint density at radius 1 is 1.25 bits per heavy atom. The molecule has 0 aliphatic carbocycles. The van der Waals surface area contributed by atoms with E-state index in [9.17, 15) is 13.9 Å². The van der Waals surface area contributed by atoms with Crippen molar-refractivity contribution >= 4 is 5.82 Å². The van der Waals surface area contributed by atoms with E-state index in [1.54, 1.807) is 31.2 Å². The molecule has 2 N–H and O–H groups in total. The maximum Gasteiger partial charge on any atom is 0.258 e. The molecule has 0 amide bonds. The molecule has 0 bridgehead atoms. The van der Waals surface area contributed by atoms with Gasteiger partial charge in [0.2, 0.25) is 0 Å². The predicted molar refractivity (Wildman–Crippen MR) is 70.8 cm³/mol. The fourth-order valence-electron chi connectivity index (χ4n) is 1.65. The molecule has 0 spiro atoms. The monoisotopic (exact) mass is 280 g/mol. The first-order valence-electron chi connectivity index (χ1n) is 6.12. The smallest absolute Gasteiger partial charge is 0.258 e. The highest BCUT2D eigenvalue weighted by Gasteiger charge is 2.14. The number of nitrogens with one attached hydrogen (secondary N) is 1. The molecule has 0 aliphatic heterocycles. The van der Waals surface area contributed by atoms with Crippen molar-refractivity contribution in [1.82, 2.24) is 4.98 Å². The van der Waals surface area contributed by atoms with Gasteiger partial charge in [0, 0.05) is 18.2 Å². The van der Waals surface area contributed by atoms with E-state index in [4.69, 9.17) is 4.74 Å². The van der Waals surface area contributed by atoms with Crippen molar-refractivity contribution in [3.8, 4) is 11.6 Å². The van der Waals surface area contributed by atoms with Gasteiger partial charge in [-0.05, 0) is 13.0 Å². The van der Waals surface area contributed by atoms with E-state index >= 15 is 0 Å². The van der Waals surface area contributed by atoms with Crippen LogP contribution < -0.4 is 10.1 Å². The fourth-order valence-corrected chi connectivity index (χ4v) is 1.65. The summed E-state index contributed by atoms with van der Waals surface area (Å²) in [4.78, 5) is 3.77. The molecule has 1 aromatic heterocycles. The molecule has 1 aromatic carbocycles. The van der Waals surface area contributed by atoms with Crippen LogP contribution in [0.3, 0.4) is 0 Å². The third-order valence-electron chi connectivity index (χ3n) is 2.59. The fraction of sp³-hybridized carbons (Fsp3) is 0.214. The number of hydrogen-bond acceptors (Lipinski definition) is 4. The number of aliphatic hydroxyl groups is 1. The molecule has 0 atom stereocenters. The summed E-state index contributed by atoms with van der Waals surface area (Å²) in [6.45, 7) is 1.97. The van der Waals surface area contributed by atoms with Gasteiger partial charge in [-0.2, -0.15) is 4.98 Å². The van der Waals surface area contributed by atoms with Crippen LogP contribution in [-0.2, 0) is 6.61 Å². The van der Waals surface area contributed by atoms with Gasteiger partial charge in [-0.25, -0.2) is 8.78 Å². The SMILES string of the molecule is CCNc1nc(Oc2ccccc2CO)c(F)cc1F. The molecular formula is C14H14F2N2O2. The Kier molecular flexibility index (Phi) is 4.47. The van der Waals surface area contributed by atoms with Crippen LogP contribution in [-0.4, -0.2) is 16.6 Å². The number of rotatable bonds is 5. The van der Waals surface area contributed by atoms with Crippen LogP contribution >= 0.6 is 0 Å². The van der Waals surface area contributed by atoms with Gasteiger partial charge in [0.1, 0.15) is 5.75 Å². The topological polar surface area (TPSA) is 54.4 Å². The largest absolute Gasteiger partial charge is 0.436 e. The van der Waals surface area contributed by atoms with E-state index in [1.165, 1.54) is 0 Å². The lowest BCUT2D eigenvalue weighted by atomic mass is 10.2. The van der Waals surface area contributed by atoms with Crippen LogP contribution in [0.5, 0.6) is 11.6 Å². The van der Waals surface area contributed by atoms with Crippen molar-refractivity contribution in [3.05, 3.63) is 47.5 Å². The molecule has 106 valence electrons. The lowest BCUT2D eigenvalue weighted by Gasteiger charge is -2.11. The highest BCUT2D eigenvalue weighted by atomic mass is 19.1. The number of halogens is 2. The minimum Gasteiger partial charge on any atom is -0.436 e. The maximum absolute atomic E-state index is 13.7. The van der Waals surface area contributed by atoms with Crippen LogP contribution in [0.1, 0.15) is 12.5 Å². The summed E-state index contributed by atoms with van der Waals surface area (Å²) in [5, 5.41) is 11.9. The summed E-state index contributed by atoms with van der Waals surface area (Å²) in [6.07, 6.45) is 0. The van der Waals surface area contributed by atoms with Gasteiger partial charge in [0.05, 0.1) is 6.61 Å². The lowest BCUT2D eigenvalue weighted by Crippen LogP contribution is -2.05. The van der Waals surface area contributed by atoms with Gasteiger partial charge in [-0.1, -0.05) is 18.2 Å². The summed E-state index contributed by atoms with van der Waals surface area (Å²) in [5.74, 6) is -1.84. The van der Waals surface area contributed by atoms with E-state index in [1.807, 2.05) is 0 Å². The number of hydrogen-bond donors (Lipinski definition) is 2. The highest BCUT2D eigenvalue weighted by molar-refractivity contribution is 5.42.